The van der Waals surface area contributed by atoms with Crippen LogP contribution in [0.1, 0.15) is 18.1 Å². The van der Waals surface area contributed by atoms with E-state index in [4.69, 9.17) is 18.9 Å². The van der Waals surface area contributed by atoms with Gasteiger partial charge in [0.05, 0.1) is 86.5 Å². The molecule has 10 nitrogen and oxygen atoms in total. The Morgan fingerprint density at radius 1 is 0.366 bits per heavy atom. The number of nitriles is 2. The van der Waals surface area contributed by atoms with Gasteiger partial charge in [-0.2, -0.15) is 10.5 Å². The van der Waals surface area contributed by atoms with Gasteiger partial charge in [0.15, 0.2) is 46.0 Å². The quantitative estimate of drug-likeness (QED) is 0.147. The highest BCUT2D eigenvalue weighted by molar-refractivity contribution is 5.93. The van der Waals surface area contributed by atoms with E-state index in [1.54, 1.807) is 0 Å². The fraction of sp³-hybridized carbons (Fsp3) is 0.0820. The van der Waals surface area contributed by atoms with E-state index < -0.39 is 18.0 Å². The van der Waals surface area contributed by atoms with E-state index in [2.05, 4.69) is 69.0 Å². The number of benzene rings is 9. The molecule has 71 heavy (non-hydrogen) atoms. The summed E-state index contributed by atoms with van der Waals surface area (Å²) in [4.78, 5) is 8.88. The minimum Gasteiger partial charge on any atom is -0.453 e. The lowest BCUT2D eigenvalue weighted by Gasteiger charge is -2.48. The number of hydrogen-bond donors (Lipinski definition) is 0. The second kappa shape index (κ2) is 16.8. The molecule has 0 aliphatic carbocycles. The Morgan fingerprint density at radius 3 is 1.01 bits per heavy atom. The van der Waals surface area contributed by atoms with Gasteiger partial charge >= 0.3 is 0 Å². The fourth-order valence-electron chi connectivity index (χ4n) is 10.9. The normalized spacial score (nSPS) is 14.5. The molecule has 0 amide bonds. The van der Waals surface area contributed by atoms with Crippen LogP contribution in [0.3, 0.4) is 0 Å². The fourth-order valence-corrected chi connectivity index (χ4v) is 10.9. The zero-order valence-electron chi connectivity index (χ0n) is 38.4. The average Bonchev–Trinajstić information content (AvgIpc) is 3.42. The first kappa shape index (κ1) is 41.5. The lowest BCUT2D eigenvalue weighted by molar-refractivity contribution is 0.401. The van der Waals surface area contributed by atoms with Crippen LogP contribution in [0.5, 0.6) is 46.0 Å². The molecule has 3 atom stereocenters. The lowest BCUT2D eigenvalue weighted by atomic mass is 9.83. The van der Waals surface area contributed by atoms with Crippen LogP contribution in [0.25, 0.3) is 0 Å². The maximum Gasteiger partial charge on any atom is 0.151 e. The predicted octanol–water partition coefficient (Wildman–Crippen LogP) is 16.0. The molecule has 9 aromatic carbocycles. The van der Waals surface area contributed by atoms with Crippen LogP contribution in [0.15, 0.2) is 206 Å². The Kier molecular flexibility index (Phi) is 9.86. The van der Waals surface area contributed by atoms with E-state index in [1.165, 1.54) is 0 Å². The van der Waals surface area contributed by atoms with E-state index >= 15 is 0 Å². The van der Waals surface area contributed by atoms with Gasteiger partial charge in [-0.25, -0.2) is 0 Å². The Labute approximate surface area is 411 Å². The number of rotatable bonds is 8. The molecule has 4 aliphatic heterocycles. The number of fused-ring (bicyclic) bond motifs is 8. The maximum atomic E-state index is 12.2. The molecule has 4 aliphatic rings. The summed E-state index contributed by atoms with van der Waals surface area (Å²) in [7, 11) is 0. The molecule has 2 unspecified atom stereocenters. The van der Waals surface area contributed by atoms with Crippen molar-refractivity contribution in [1.29, 1.82) is 10.5 Å². The molecule has 4 heterocycles. The zero-order valence-corrected chi connectivity index (χ0v) is 38.4. The SMILES string of the molecule is C[C@@H](C(C(C#N)Cc1c(N2c3ccccc3Oc3ccccc32)ccc(N2c3ccccc3Oc3ccccc32)c1C#N)N1c2ccccc2Oc2ccccc21)N1c2ccccc2Oc2ccccc21. The number of nitrogens with zero attached hydrogens (tertiary/aromatic N) is 6. The number of hydrogen-bond acceptors (Lipinski definition) is 10. The van der Waals surface area contributed by atoms with Crippen molar-refractivity contribution in [2.45, 2.75) is 25.4 Å². The van der Waals surface area contributed by atoms with Crippen LogP contribution >= 0.6 is 0 Å². The second-order valence-corrected chi connectivity index (χ2v) is 17.8. The molecule has 9 aromatic rings. The summed E-state index contributed by atoms with van der Waals surface area (Å²) in [6.07, 6.45) is 0.155. The highest BCUT2D eigenvalue weighted by atomic mass is 16.5. The van der Waals surface area contributed by atoms with E-state index in [0.29, 0.717) is 62.8 Å². The summed E-state index contributed by atoms with van der Waals surface area (Å²) in [6.45, 7) is 2.19. The molecule has 0 bridgehead atoms. The van der Waals surface area contributed by atoms with Gasteiger partial charge in [-0.05, 0) is 128 Å². The van der Waals surface area contributed by atoms with Gasteiger partial charge < -0.3 is 38.5 Å². The Bertz CT molecular complexity index is 3490. The predicted molar refractivity (Wildman–Crippen MR) is 277 cm³/mol. The third-order valence-electron chi connectivity index (χ3n) is 13.9. The monoisotopic (exact) mass is 922 g/mol. The van der Waals surface area contributed by atoms with E-state index in [0.717, 1.165) is 51.2 Å². The third-order valence-corrected chi connectivity index (χ3v) is 13.9. The minimum atomic E-state index is -0.789. The van der Waals surface area contributed by atoms with Gasteiger partial charge in [0.25, 0.3) is 0 Å². The highest BCUT2D eigenvalue weighted by Crippen LogP contribution is 2.57. The molecule has 13 rings (SSSR count). The molecule has 340 valence electrons. The van der Waals surface area contributed by atoms with Crippen LogP contribution in [0, 0.1) is 28.6 Å². The topological polar surface area (TPSA) is 97.5 Å². The summed E-state index contributed by atoms with van der Waals surface area (Å²) in [5, 5.41) is 24.1. The Hall–Kier alpha value is -9.64. The van der Waals surface area contributed by atoms with Crippen LogP contribution < -0.4 is 38.5 Å². The molecule has 0 spiro atoms. The van der Waals surface area contributed by atoms with E-state index in [9.17, 15) is 10.5 Å². The van der Waals surface area contributed by atoms with Gasteiger partial charge in [0, 0.05) is 0 Å². The highest BCUT2D eigenvalue weighted by Gasteiger charge is 2.44. The summed E-state index contributed by atoms with van der Waals surface area (Å²) in [5.41, 5.74) is 9.12. The Morgan fingerprint density at radius 2 is 0.662 bits per heavy atom. The van der Waals surface area contributed by atoms with E-state index in [1.807, 2.05) is 176 Å². The molecule has 0 N–H and O–H groups in total. The molecule has 0 saturated heterocycles. The second-order valence-electron chi connectivity index (χ2n) is 17.8. The smallest absolute Gasteiger partial charge is 0.151 e. The number of anilines is 10. The zero-order chi connectivity index (χ0) is 47.6. The molecule has 0 saturated carbocycles. The van der Waals surface area contributed by atoms with Gasteiger partial charge in [-0.3, -0.25) is 0 Å². The van der Waals surface area contributed by atoms with Gasteiger partial charge in [-0.1, -0.05) is 97.1 Å². The maximum absolute atomic E-state index is 12.2. The van der Waals surface area contributed by atoms with Crippen molar-refractivity contribution < 1.29 is 18.9 Å². The van der Waals surface area contributed by atoms with Crippen molar-refractivity contribution in [2.75, 3.05) is 19.6 Å². The van der Waals surface area contributed by atoms with Crippen LogP contribution in [0.2, 0.25) is 0 Å². The average molecular weight is 923 g/mol. The van der Waals surface area contributed by atoms with Gasteiger partial charge in [0.2, 0.25) is 0 Å². The first-order valence-corrected chi connectivity index (χ1v) is 23.7. The Balaban J connectivity index is 1.07. The van der Waals surface area contributed by atoms with Crippen LogP contribution in [-0.4, -0.2) is 12.1 Å². The first-order valence-electron chi connectivity index (χ1n) is 23.7. The molecular weight excluding hydrogens is 881 g/mol. The standard InChI is InChI=1S/C61H42N6O4/c1-39(64-45-18-2-10-26-53(45)68-54-27-11-3-19-46(54)64)61(67-51-24-8-16-32-59(51)71-60-33-17-9-25-52(60)67)40(37-62)36-41-42(38-63)44(66-49-22-6-14-30-57(49)70-58-31-15-7-23-50(58)66)35-34-43(41)65-47-20-4-12-28-55(47)69-56-29-13-5-21-48(56)65/h2-35,39-40,61H,36H2,1H3/t39-,40?,61?/m0/s1. The molecule has 0 radical (unpaired) electrons. The summed E-state index contributed by atoms with van der Waals surface area (Å²) in [6, 6.07) is 72.5. The van der Waals surface area contributed by atoms with Crippen molar-refractivity contribution in [3.63, 3.8) is 0 Å². The van der Waals surface area contributed by atoms with Crippen molar-refractivity contribution in [2.24, 2.45) is 5.92 Å². The van der Waals surface area contributed by atoms with Crippen molar-refractivity contribution in [3.8, 4) is 58.1 Å². The summed E-state index contributed by atoms with van der Waals surface area (Å²) in [5.74, 6) is 4.66. The summed E-state index contributed by atoms with van der Waals surface area (Å²) < 4.78 is 26.2. The first-order chi connectivity index (χ1) is 35.1. The number of ether oxygens (including phenoxy) is 4. The molecule has 0 fully saturated rings. The van der Waals surface area contributed by atoms with Crippen molar-refractivity contribution in [1.82, 2.24) is 0 Å². The van der Waals surface area contributed by atoms with Gasteiger partial charge in [0.1, 0.15) is 6.07 Å². The third kappa shape index (κ3) is 6.69. The van der Waals surface area contributed by atoms with Crippen molar-refractivity contribution >= 4 is 56.9 Å². The molecular formula is C61H42N6O4. The van der Waals surface area contributed by atoms with Crippen molar-refractivity contribution in [3.05, 3.63) is 217 Å². The number of para-hydroxylation sites is 16. The minimum absolute atomic E-state index is 0.155. The molecule has 0 aromatic heterocycles. The summed E-state index contributed by atoms with van der Waals surface area (Å²) >= 11 is 0. The van der Waals surface area contributed by atoms with Crippen LogP contribution in [-0.2, 0) is 6.42 Å². The van der Waals surface area contributed by atoms with E-state index in [-0.39, 0.29) is 6.42 Å². The lowest BCUT2D eigenvalue weighted by Crippen LogP contribution is -2.53. The largest absolute Gasteiger partial charge is 0.453 e. The van der Waals surface area contributed by atoms with Gasteiger partial charge in [-0.15, -0.1) is 0 Å². The molecule has 10 heteroatoms. The van der Waals surface area contributed by atoms with Crippen LogP contribution in [0.4, 0.5) is 56.9 Å².